The van der Waals surface area contributed by atoms with Gasteiger partial charge in [-0.1, -0.05) is 71.7 Å². The van der Waals surface area contributed by atoms with Crippen LogP contribution >= 0.6 is 45.9 Å². The molecule has 11 rings (SSSR count). The average molecular weight is 1110 g/mol. The van der Waals surface area contributed by atoms with Gasteiger partial charge in [-0.05, 0) is 141 Å². The van der Waals surface area contributed by atoms with Crippen molar-refractivity contribution in [3.8, 4) is 34.1 Å². The predicted octanol–water partition coefficient (Wildman–Crippen LogP) is 12.7. The van der Waals surface area contributed by atoms with Crippen molar-refractivity contribution in [3.05, 3.63) is 185 Å². The first-order chi connectivity index (χ1) is 37.5. The van der Waals surface area contributed by atoms with Crippen LogP contribution in [0, 0.1) is 0 Å². The zero-order valence-corrected chi connectivity index (χ0v) is 46.3. The third kappa shape index (κ3) is 11.7. The first-order valence-electron chi connectivity index (χ1n) is 25.6. The van der Waals surface area contributed by atoms with Crippen LogP contribution in [0.15, 0.2) is 121 Å². The Morgan fingerprint density at radius 1 is 0.610 bits per heavy atom. The highest BCUT2D eigenvalue weighted by Gasteiger charge is 2.36. The van der Waals surface area contributed by atoms with Gasteiger partial charge in [0.1, 0.15) is 29.6 Å². The van der Waals surface area contributed by atoms with Crippen LogP contribution in [0.4, 0.5) is 4.79 Å². The molecule has 0 bridgehead atoms. The highest BCUT2D eigenvalue weighted by molar-refractivity contribution is 7.16. The molecule has 0 saturated carbocycles. The van der Waals surface area contributed by atoms with Crippen LogP contribution < -0.4 is 24.3 Å². The molecule has 1 amide bonds. The minimum Gasteiger partial charge on any atom is -0.497 e. The molecule has 1 aliphatic carbocycles. The first kappa shape index (κ1) is 53.4. The molecular formula is C59H58Cl2N6O8S2. The molecule has 14 nitrogen and oxygen atoms in total. The molecule has 18 heteroatoms. The molecule has 77 heavy (non-hydrogen) atoms. The summed E-state index contributed by atoms with van der Waals surface area (Å²) in [6.07, 6.45) is 6.04. The molecule has 2 saturated heterocycles. The molecule has 2 atom stereocenters. The Kier molecular flexibility index (Phi) is 16.8. The van der Waals surface area contributed by atoms with E-state index < -0.39 is 0 Å². The number of nitrogens with zero attached hydrogens (tertiary/aromatic N) is 5. The third-order valence-corrected chi connectivity index (χ3v) is 16.9. The minimum atomic E-state index is -0.373. The SMILES string of the molecule is COc1ccc(C(=O)n2nc(C3CCCN3)cc2CCc2ccc(Cl)s2)c(OC)c1.COc1ccc(C(=O)n2nc(C3CCCN3C(=O)OCC3c4ccccc4-c4ccccc43)cc2CCc2ccc(Cl)s2)c(OC)c1. The Hall–Kier alpha value is -6.95. The van der Waals surface area contributed by atoms with Gasteiger partial charge in [0.2, 0.25) is 0 Å². The molecule has 4 aromatic carbocycles. The van der Waals surface area contributed by atoms with Gasteiger partial charge < -0.3 is 29.0 Å². The first-order valence-corrected chi connectivity index (χ1v) is 28.0. The average Bonchev–Trinajstić information content (AvgIpc) is 4.38. The van der Waals surface area contributed by atoms with Crippen LogP contribution in [-0.4, -0.2) is 90.5 Å². The lowest BCUT2D eigenvalue weighted by molar-refractivity contribution is 0.0922. The molecule has 0 radical (unpaired) electrons. The highest BCUT2D eigenvalue weighted by Crippen LogP contribution is 2.45. The van der Waals surface area contributed by atoms with Crippen LogP contribution in [0.5, 0.6) is 23.0 Å². The molecule has 1 N–H and O–H groups in total. The molecule has 4 aromatic heterocycles. The van der Waals surface area contributed by atoms with E-state index in [2.05, 4.69) is 29.6 Å². The van der Waals surface area contributed by atoms with E-state index >= 15 is 0 Å². The summed E-state index contributed by atoms with van der Waals surface area (Å²) >= 11 is 15.3. The second-order valence-electron chi connectivity index (χ2n) is 18.9. The Bertz CT molecular complexity index is 3370. The quantitative estimate of drug-likeness (QED) is 0.0985. The second kappa shape index (κ2) is 24.2. The number of carbonyl (C=O) groups is 3. The number of benzene rings is 4. The summed E-state index contributed by atoms with van der Waals surface area (Å²) in [5, 5.41) is 13.0. The largest absolute Gasteiger partial charge is 0.497 e. The lowest BCUT2D eigenvalue weighted by Crippen LogP contribution is -2.32. The number of aryl methyl sites for hydroxylation is 4. The van der Waals surface area contributed by atoms with Gasteiger partial charge in [0.15, 0.2) is 0 Å². The van der Waals surface area contributed by atoms with Crippen molar-refractivity contribution in [2.75, 3.05) is 48.1 Å². The van der Waals surface area contributed by atoms with Crippen molar-refractivity contribution in [1.82, 2.24) is 29.8 Å². The molecule has 6 heterocycles. The monoisotopic (exact) mass is 1110 g/mol. The zero-order chi connectivity index (χ0) is 53.6. The number of methoxy groups -OCH3 is 4. The fraction of sp³-hybridized carbons (Fsp3) is 0.305. The number of nitrogens with one attached hydrogen (secondary N) is 1. The number of hydrogen-bond acceptors (Lipinski definition) is 13. The summed E-state index contributed by atoms with van der Waals surface area (Å²) in [5.74, 6) is 1.52. The fourth-order valence-corrected chi connectivity index (χ4v) is 12.7. The third-order valence-electron chi connectivity index (χ3n) is 14.4. The standard InChI is InChI=1S/C37H34ClN3O5S.C22H24ClN3O3S/c1-44-24-14-17-30(34(21-24)45-2)36(42)41-23(13-15-25-16-18-35(38)47-25)20-32(39-41)33-12-7-19-40(33)37(43)46-22-31-28-10-5-3-8-26(28)27-9-4-6-11-29(27)31;1-28-15-6-9-17(20(13-15)29-2)22(27)26-14(5-7-16-8-10-21(23)30-16)12-19(25-26)18-4-3-11-24-18/h3-6,8-11,14,16-18,20-21,31,33H,7,12-13,15,19,22H2,1-2H3;6,8-10,12-13,18,24H,3-5,7,11H2,1-2H3. The maximum atomic E-state index is 14.0. The van der Waals surface area contributed by atoms with Crippen molar-refractivity contribution in [2.45, 2.75) is 69.4 Å². The molecule has 8 aromatic rings. The predicted molar refractivity (Wildman–Crippen MR) is 300 cm³/mol. The number of carbonyl (C=O) groups excluding carboxylic acids is 3. The van der Waals surface area contributed by atoms with E-state index in [4.69, 9.17) is 57.1 Å². The number of halogens is 2. The van der Waals surface area contributed by atoms with Gasteiger partial charge in [0, 0.05) is 45.7 Å². The van der Waals surface area contributed by atoms with Gasteiger partial charge in [-0.15, -0.1) is 22.7 Å². The highest BCUT2D eigenvalue weighted by atomic mass is 35.5. The van der Waals surface area contributed by atoms with Gasteiger partial charge >= 0.3 is 6.09 Å². The molecule has 0 spiro atoms. The fourth-order valence-electron chi connectivity index (χ4n) is 10.5. The number of amides is 1. The van der Waals surface area contributed by atoms with Gasteiger partial charge in [-0.25, -0.2) is 14.2 Å². The Morgan fingerprint density at radius 2 is 1.14 bits per heavy atom. The summed E-state index contributed by atoms with van der Waals surface area (Å²) in [4.78, 5) is 45.2. The molecule has 3 aliphatic rings. The maximum absolute atomic E-state index is 14.0. The van der Waals surface area contributed by atoms with Crippen molar-refractivity contribution in [2.24, 2.45) is 0 Å². The summed E-state index contributed by atoms with van der Waals surface area (Å²) in [5.41, 5.74) is 8.72. The van der Waals surface area contributed by atoms with Crippen molar-refractivity contribution in [1.29, 1.82) is 0 Å². The lowest BCUT2D eigenvalue weighted by atomic mass is 9.98. The van der Waals surface area contributed by atoms with Crippen LogP contribution in [0.1, 0.15) is 108 Å². The van der Waals surface area contributed by atoms with Gasteiger partial charge in [-0.2, -0.15) is 10.2 Å². The topological polar surface area (TPSA) is 148 Å². The number of aromatic nitrogens is 4. The van der Waals surface area contributed by atoms with Crippen LogP contribution in [-0.2, 0) is 30.4 Å². The van der Waals surface area contributed by atoms with Crippen molar-refractivity contribution < 1.29 is 38.1 Å². The number of fused-ring (bicyclic) bond motifs is 3. The number of thiophene rings is 2. The van der Waals surface area contributed by atoms with Crippen molar-refractivity contribution >= 4 is 63.8 Å². The van der Waals surface area contributed by atoms with Crippen LogP contribution in [0.2, 0.25) is 8.67 Å². The number of likely N-dealkylation sites (tertiary alicyclic amines) is 1. The molecule has 2 aliphatic heterocycles. The van der Waals surface area contributed by atoms with Crippen LogP contribution in [0.3, 0.4) is 0 Å². The number of hydrogen-bond donors (Lipinski definition) is 1. The van der Waals surface area contributed by atoms with Crippen molar-refractivity contribution in [3.63, 3.8) is 0 Å². The van der Waals surface area contributed by atoms with Gasteiger partial charge in [-0.3, -0.25) is 14.5 Å². The number of ether oxygens (including phenoxy) is 5. The summed E-state index contributed by atoms with van der Waals surface area (Å²) in [6.45, 7) is 1.77. The van der Waals surface area contributed by atoms with Gasteiger partial charge in [0.25, 0.3) is 11.8 Å². The number of rotatable bonds is 16. The Morgan fingerprint density at radius 3 is 1.64 bits per heavy atom. The van der Waals surface area contributed by atoms with E-state index in [1.807, 2.05) is 60.7 Å². The summed E-state index contributed by atoms with van der Waals surface area (Å²) in [7, 11) is 6.21. The van der Waals surface area contributed by atoms with E-state index in [9.17, 15) is 14.4 Å². The lowest BCUT2D eigenvalue weighted by Gasteiger charge is -2.24. The van der Waals surface area contributed by atoms with E-state index in [1.54, 1.807) is 74.0 Å². The van der Waals surface area contributed by atoms with Crippen LogP contribution in [0.25, 0.3) is 11.1 Å². The Labute approximate surface area is 465 Å². The van der Waals surface area contributed by atoms with E-state index in [0.29, 0.717) is 65.6 Å². The normalized spacial score (nSPS) is 15.6. The smallest absolute Gasteiger partial charge is 0.410 e. The van der Waals surface area contributed by atoms with Gasteiger partial charge in [0.05, 0.1) is 71.7 Å². The summed E-state index contributed by atoms with van der Waals surface area (Å²) < 4.78 is 32.1. The molecular weight excluding hydrogens is 1060 g/mol. The molecule has 2 unspecified atom stereocenters. The minimum absolute atomic E-state index is 0.0268. The van der Waals surface area contributed by atoms with E-state index in [0.717, 1.165) is 69.3 Å². The Balaban J connectivity index is 0.000000193. The summed E-state index contributed by atoms with van der Waals surface area (Å²) in [6, 6.07) is 38.6. The van der Waals surface area contributed by atoms with E-state index in [1.165, 1.54) is 54.9 Å². The second-order valence-corrected chi connectivity index (χ2v) is 22.5. The molecule has 398 valence electrons. The zero-order valence-electron chi connectivity index (χ0n) is 43.1. The van der Waals surface area contributed by atoms with E-state index in [-0.39, 0.29) is 42.5 Å². The maximum Gasteiger partial charge on any atom is 0.410 e. The molecule has 2 fully saturated rings.